The molecule has 1 aromatic rings. The molecule has 0 heterocycles. The standard InChI is InChI=1S/C18H29NO2/c1-18(2,3)12-9-10-14(19)13(11-12)17-15(20-4)7-6-8-16(17)21-5/h6-8,12-14H,9-11,19H2,1-5H3. The van der Waals surface area contributed by atoms with Crippen LogP contribution in [0.1, 0.15) is 51.5 Å². The van der Waals surface area contributed by atoms with E-state index >= 15 is 0 Å². The summed E-state index contributed by atoms with van der Waals surface area (Å²) in [5.74, 6) is 2.76. The first-order valence-corrected chi connectivity index (χ1v) is 7.85. The minimum atomic E-state index is 0.175. The fourth-order valence-corrected chi connectivity index (χ4v) is 3.56. The van der Waals surface area contributed by atoms with E-state index in [1.54, 1.807) is 14.2 Å². The Hall–Kier alpha value is -1.22. The highest BCUT2D eigenvalue weighted by Gasteiger charge is 2.37. The van der Waals surface area contributed by atoms with Crippen LogP contribution in [0.2, 0.25) is 0 Å². The molecule has 1 fully saturated rings. The Labute approximate surface area is 128 Å². The summed E-state index contributed by atoms with van der Waals surface area (Å²) in [6.07, 6.45) is 3.37. The first kappa shape index (κ1) is 16.2. The molecule has 3 heteroatoms. The molecule has 2 rings (SSSR count). The molecule has 118 valence electrons. The maximum absolute atomic E-state index is 6.45. The lowest BCUT2D eigenvalue weighted by Gasteiger charge is -2.41. The Morgan fingerprint density at radius 1 is 1.05 bits per heavy atom. The van der Waals surface area contributed by atoms with Crippen molar-refractivity contribution < 1.29 is 9.47 Å². The molecule has 1 aliphatic carbocycles. The third-order valence-electron chi connectivity index (χ3n) is 4.97. The second-order valence-corrected chi connectivity index (χ2v) is 7.22. The van der Waals surface area contributed by atoms with Gasteiger partial charge in [-0.05, 0) is 42.7 Å². The summed E-state index contributed by atoms with van der Waals surface area (Å²) in [6.45, 7) is 6.97. The molecule has 2 N–H and O–H groups in total. The summed E-state index contributed by atoms with van der Waals surface area (Å²) in [6, 6.07) is 6.15. The smallest absolute Gasteiger partial charge is 0.126 e. The van der Waals surface area contributed by atoms with Crippen molar-refractivity contribution >= 4 is 0 Å². The number of benzene rings is 1. The minimum Gasteiger partial charge on any atom is -0.496 e. The van der Waals surface area contributed by atoms with Gasteiger partial charge in [-0.25, -0.2) is 0 Å². The van der Waals surface area contributed by atoms with Gasteiger partial charge in [0.15, 0.2) is 0 Å². The van der Waals surface area contributed by atoms with Gasteiger partial charge in [0, 0.05) is 17.5 Å². The molecule has 0 radical (unpaired) electrons. The van der Waals surface area contributed by atoms with Gasteiger partial charge in [0.1, 0.15) is 11.5 Å². The van der Waals surface area contributed by atoms with Crippen molar-refractivity contribution in [3.63, 3.8) is 0 Å². The maximum Gasteiger partial charge on any atom is 0.126 e. The van der Waals surface area contributed by atoms with Gasteiger partial charge in [0.2, 0.25) is 0 Å². The lowest BCUT2D eigenvalue weighted by Crippen LogP contribution is -2.38. The summed E-state index contributed by atoms with van der Waals surface area (Å²) in [4.78, 5) is 0. The quantitative estimate of drug-likeness (QED) is 0.916. The predicted octanol–water partition coefficient (Wildman–Crippen LogP) is 3.96. The van der Waals surface area contributed by atoms with Gasteiger partial charge < -0.3 is 15.2 Å². The Kier molecular flexibility index (Phi) is 4.82. The van der Waals surface area contributed by atoms with Crippen LogP contribution in [0, 0.1) is 11.3 Å². The molecule has 1 saturated carbocycles. The van der Waals surface area contributed by atoms with Crippen molar-refractivity contribution in [1.82, 2.24) is 0 Å². The molecule has 3 atom stereocenters. The Morgan fingerprint density at radius 2 is 1.62 bits per heavy atom. The average molecular weight is 291 g/mol. The van der Waals surface area contributed by atoms with Crippen molar-refractivity contribution in [2.45, 2.75) is 52.0 Å². The van der Waals surface area contributed by atoms with Gasteiger partial charge >= 0.3 is 0 Å². The van der Waals surface area contributed by atoms with Crippen LogP contribution >= 0.6 is 0 Å². The molecule has 21 heavy (non-hydrogen) atoms. The number of hydrogen-bond acceptors (Lipinski definition) is 3. The Balaban J connectivity index is 2.39. The fourth-order valence-electron chi connectivity index (χ4n) is 3.56. The van der Waals surface area contributed by atoms with E-state index in [9.17, 15) is 0 Å². The van der Waals surface area contributed by atoms with Crippen molar-refractivity contribution in [3.8, 4) is 11.5 Å². The van der Waals surface area contributed by atoms with Crippen LogP contribution in [0.15, 0.2) is 18.2 Å². The van der Waals surface area contributed by atoms with Crippen molar-refractivity contribution in [1.29, 1.82) is 0 Å². The molecule has 1 aromatic carbocycles. The van der Waals surface area contributed by atoms with Crippen LogP contribution in [0.3, 0.4) is 0 Å². The van der Waals surface area contributed by atoms with Gasteiger partial charge in [-0.15, -0.1) is 0 Å². The van der Waals surface area contributed by atoms with Crippen molar-refractivity contribution in [2.75, 3.05) is 14.2 Å². The molecule has 0 amide bonds. The largest absolute Gasteiger partial charge is 0.496 e. The third-order valence-corrected chi connectivity index (χ3v) is 4.97. The average Bonchev–Trinajstić information content (AvgIpc) is 2.45. The summed E-state index contributed by atoms with van der Waals surface area (Å²) in [7, 11) is 3.43. The highest BCUT2D eigenvalue weighted by molar-refractivity contribution is 5.48. The van der Waals surface area contributed by atoms with Gasteiger partial charge in [-0.1, -0.05) is 26.8 Å². The molecule has 0 aliphatic heterocycles. The van der Waals surface area contributed by atoms with E-state index in [1.165, 1.54) is 6.42 Å². The van der Waals surface area contributed by atoms with Gasteiger partial charge in [-0.3, -0.25) is 0 Å². The Bertz CT molecular complexity index is 456. The van der Waals surface area contributed by atoms with E-state index in [0.29, 0.717) is 17.3 Å². The summed E-state index contributed by atoms with van der Waals surface area (Å²) in [5, 5.41) is 0. The maximum atomic E-state index is 6.45. The topological polar surface area (TPSA) is 44.5 Å². The van der Waals surface area contributed by atoms with Gasteiger partial charge in [-0.2, -0.15) is 0 Å². The second kappa shape index (κ2) is 6.27. The SMILES string of the molecule is COc1cccc(OC)c1C1CC(C(C)(C)C)CCC1N. The van der Waals surface area contributed by atoms with Crippen LogP contribution in [0.4, 0.5) is 0 Å². The lowest BCUT2D eigenvalue weighted by molar-refractivity contribution is 0.151. The lowest BCUT2D eigenvalue weighted by atomic mass is 9.66. The van der Waals surface area contributed by atoms with E-state index in [0.717, 1.165) is 29.9 Å². The predicted molar refractivity (Wildman–Crippen MR) is 87.1 cm³/mol. The van der Waals surface area contributed by atoms with Gasteiger partial charge in [0.25, 0.3) is 0 Å². The number of rotatable bonds is 3. The van der Waals surface area contributed by atoms with E-state index in [-0.39, 0.29) is 6.04 Å². The number of ether oxygens (including phenoxy) is 2. The second-order valence-electron chi connectivity index (χ2n) is 7.22. The van der Waals surface area contributed by atoms with Crippen LogP contribution in [-0.2, 0) is 0 Å². The van der Waals surface area contributed by atoms with Crippen LogP contribution < -0.4 is 15.2 Å². The third kappa shape index (κ3) is 3.34. The number of methoxy groups -OCH3 is 2. The molecular formula is C18H29NO2. The van der Waals surface area contributed by atoms with Crippen LogP contribution in [0.5, 0.6) is 11.5 Å². The first-order valence-electron chi connectivity index (χ1n) is 7.85. The van der Waals surface area contributed by atoms with E-state index in [4.69, 9.17) is 15.2 Å². The van der Waals surface area contributed by atoms with E-state index < -0.39 is 0 Å². The monoisotopic (exact) mass is 291 g/mol. The van der Waals surface area contributed by atoms with Crippen molar-refractivity contribution in [3.05, 3.63) is 23.8 Å². The van der Waals surface area contributed by atoms with Crippen LogP contribution in [-0.4, -0.2) is 20.3 Å². The first-order chi connectivity index (χ1) is 9.88. The fraction of sp³-hybridized carbons (Fsp3) is 0.667. The highest BCUT2D eigenvalue weighted by atomic mass is 16.5. The molecule has 3 unspecified atom stereocenters. The van der Waals surface area contributed by atoms with Crippen molar-refractivity contribution in [2.24, 2.45) is 17.1 Å². The van der Waals surface area contributed by atoms with E-state index in [2.05, 4.69) is 20.8 Å². The zero-order valence-corrected chi connectivity index (χ0v) is 14.0. The summed E-state index contributed by atoms with van der Waals surface area (Å²) < 4.78 is 11.1. The van der Waals surface area contributed by atoms with E-state index in [1.807, 2.05) is 18.2 Å². The molecule has 0 saturated heterocycles. The molecule has 0 bridgehead atoms. The zero-order chi connectivity index (χ0) is 15.6. The molecule has 0 aromatic heterocycles. The minimum absolute atomic E-state index is 0.175. The molecule has 0 spiro atoms. The Morgan fingerprint density at radius 3 is 2.10 bits per heavy atom. The molecule has 1 aliphatic rings. The van der Waals surface area contributed by atoms with Gasteiger partial charge in [0.05, 0.1) is 14.2 Å². The summed E-state index contributed by atoms with van der Waals surface area (Å²) in [5.41, 5.74) is 7.91. The number of nitrogens with two attached hydrogens (primary N) is 1. The zero-order valence-electron chi connectivity index (χ0n) is 14.0. The molecule has 3 nitrogen and oxygen atoms in total. The number of hydrogen-bond donors (Lipinski definition) is 1. The normalized spacial score (nSPS) is 26.5. The molecular weight excluding hydrogens is 262 g/mol. The highest BCUT2D eigenvalue weighted by Crippen LogP contribution is 2.47. The van der Waals surface area contributed by atoms with Crippen LogP contribution in [0.25, 0.3) is 0 Å². The summed E-state index contributed by atoms with van der Waals surface area (Å²) >= 11 is 0.